The van der Waals surface area contributed by atoms with Gasteiger partial charge < -0.3 is 10.4 Å². The molecule has 0 radical (unpaired) electrons. The first-order valence-electron chi connectivity index (χ1n) is 5.65. The first-order chi connectivity index (χ1) is 7.68. The molecule has 0 spiro atoms. The third-order valence-corrected chi connectivity index (χ3v) is 2.52. The smallest absolute Gasteiger partial charge is 0.303 e. The summed E-state index contributed by atoms with van der Waals surface area (Å²) < 4.78 is 0. The van der Waals surface area contributed by atoms with Gasteiger partial charge in [-0.05, 0) is 24.4 Å². The van der Waals surface area contributed by atoms with E-state index in [4.69, 9.17) is 5.11 Å². The molecule has 0 saturated carbocycles. The van der Waals surface area contributed by atoms with Gasteiger partial charge in [-0.2, -0.15) is 0 Å². The van der Waals surface area contributed by atoms with Gasteiger partial charge in [-0.1, -0.05) is 37.3 Å². The van der Waals surface area contributed by atoms with Crippen molar-refractivity contribution in [1.29, 1.82) is 0 Å². The molecule has 1 aromatic rings. The third kappa shape index (κ3) is 5.51. The summed E-state index contributed by atoms with van der Waals surface area (Å²) in [5.41, 5.74) is 1.26. The zero-order chi connectivity index (χ0) is 11.8. The fraction of sp³-hybridized carbons (Fsp3) is 0.462. The molecule has 1 unspecified atom stereocenters. The van der Waals surface area contributed by atoms with E-state index in [9.17, 15) is 4.79 Å². The van der Waals surface area contributed by atoms with Crippen molar-refractivity contribution in [2.24, 2.45) is 5.92 Å². The Balaban J connectivity index is 2.13. The molecule has 16 heavy (non-hydrogen) atoms. The lowest BCUT2D eigenvalue weighted by Crippen LogP contribution is -2.21. The molecule has 0 saturated heterocycles. The Morgan fingerprint density at radius 3 is 2.69 bits per heavy atom. The van der Waals surface area contributed by atoms with Crippen LogP contribution in [0.5, 0.6) is 0 Å². The Labute approximate surface area is 96.5 Å². The number of aliphatic carboxylic acids is 1. The molecule has 3 nitrogen and oxygen atoms in total. The molecule has 0 aliphatic rings. The number of hydrogen-bond acceptors (Lipinski definition) is 2. The Morgan fingerprint density at radius 2 is 2.06 bits per heavy atom. The molecule has 0 fully saturated rings. The summed E-state index contributed by atoms with van der Waals surface area (Å²) in [6.45, 7) is 3.78. The molecule has 2 N–H and O–H groups in total. The topological polar surface area (TPSA) is 49.3 Å². The molecule has 1 atom stereocenters. The summed E-state index contributed by atoms with van der Waals surface area (Å²) in [5, 5.41) is 11.9. The third-order valence-electron chi connectivity index (χ3n) is 2.52. The number of carbonyl (C=O) groups is 1. The lowest BCUT2D eigenvalue weighted by atomic mass is 10.1. The van der Waals surface area contributed by atoms with Crippen LogP contribution in [0.15, 0.2) is 30.3 Å². The van der Waals surface area contributed by atoms with Crippen LogP contribution in [-0.2, 0) is 11.3 Å². The average Bonchev–Trinajstić information content (AvgIpc) is 2.28. The monoisotopic (exact) mass is 221 g/mol. The van der Waals surface area contributed by atoms with E-state index >= 15 is 0 Å². The van der Waals surface area contributed by atoms with Crippen molar-refractivity contribution < 1.29 is 9.90 Å². The van der Waals surface area contributed by atoms with E-state index in [2.05, 4.69) is 24.4 Å². The van der Waals surface area contributed by atoms with E-state index in [1.54, 1.807) is 0 Å². The highest BCUT2D eigenvalue weighted by atomic mass is 16.4. The molecule has 1 rings (SSSR count). The van der Waals surface area contributed by atoms with Crippen LogP contribution in [0.1, 0.15) is 25.3 Å². The molecule has 0 aliphatic heterocycles. The van der Waals surface area contributed by atoms with Crippen molar-refractivity contribution in [2.75, 3.05) is 6.54 Å². The highest BCUT2D eigenvalue weighted by molar-refractivity contribution is 5.66. The van der Waals surface area contributed by atoms with Crippen molar-refractivity contribution in [3.05, 3.63) is 35.9 Å². The maximum absolute atomic E-state index is 10.4. The Hall–Kier alpha value is -1.35. The van der Waals surface area contributed by atoms with E-state index in [1.807, 2.05) is 18.2 Å². The van der Waals surface area contributed by atoms with E-state index in [1.165, 1.54) is 5.56 Å². The van der Waals surface area contributed by atoms with Crippen LogP contribution in [0.3, 0.4) is 0 Å². The first kappa shape index (κ1) is 12.7. The minimum atomic E-state index is -0.713. The quantitative estimate of drug-likeness (QED) is 0.742. The second-order valence-corrected chi connectivity index (χ2v) is 4.15. The Morgan fingerprint density at radius 1 is 1.38 bits per heavy atom. The SMILES string of the molecule is CC(CCC(=O)O)CNCc1ccccc1. The van der Waals surface area contributed by atoms with Gasteiger partial charge in [0.1, 0.15) is 0 Å². The molecule has 88 valence electrons. The van der Waals surface area contributed by atoms with E-state index in [-0.39, 0.29) is 6.42 Å². The van der Waals surface area contributed by atoms with Crippen LogP contribution < -0.4 is 5.32 Å². The number of nitrogens with one attached hydrogen (secondary N) is 1. The predicted octanol–water partition coefficient (Wildman–Crippen LogP) is 2.28. The Kier molecular flexibility index (Phi) is 5.57. The van der Waals surface area contributed by atoms with Gasteiger partial charge in [0.05, 0.1) is 0 Å². The van der Waals surface area contributed by atoms with Crippen molar-refractivity contribution in [3.63, 3.8) is 0 Å². The number of hydrogen-bond donors (Lipinski definition) is 2. The van der Waals surface area contributed by atoms with Gasteiger partial charge in [0.15, 0.2) is 0 Å². The van der Waals surface area contributed by atoms with E-state index in [0.29, 0.717) is 5.92 Å². The maximum Gasteiger partial charge on any atom is 0.303 e. The number of carboxylic acid groups (broad SMARTS) is 1. The molecule has 0 aliphatic carbocycles. The van der Waals surface area contributed by atoms with Crippen molar-refractivity contribution in [1.82, 2.24) is 5.32 Å². The molecule has 0 amide bonds. The summed E-state index contributed by atoms with van der Waals surface area (Å²) in [7, 11) is 0. The standard InChI is InChI=1S/C13H19NO2/c1-11(7-8-13(15)16)9-14-10-12-5-3-2-4-6-12/h2-6,11,14H,7-10H2,1H3,(H,15,16). The summed E-state index contributed by atoms with van der Waals surface area (Å²) in [6.07, 6.45) is 0.991. The van der Waals surface area contributed by atoms with Crippen LogP contribution in [-0.4, -0.2) is 17.6 Å². The number of carboxylic acids is 1. The van der Waals surface area contributed by atoms with E-state index in [0.717, 1.165) is 19.5 Å². The van der Waals surface area contributed by atoms with Crippen LogP contribution >= 0.6 is 0 Å². The second kappa shape index (κ2) is 7.01. The summed E-state index contributed by atoms with van der Waals surface area (Å²) in [4.78, 5) is 10.4. The zero-order valence-electron chi connectivity index (χ0n) is 9.65. The first-order valence-corrected chi connectivity index (χ1v) is 5.65. The summed E-state index contributed by atoms with van der Waals surface area (Å²) in [6, 6.07) is 10.2. The highest BCUT2D eigenvalue weighted by Crippen LogP contribution is 2.04. The van der Waals surface area contributed by atoms with Crippen LogP contribution in [0, 0.1) is 5.92 Å². The normalized spacial score (nSPS) is 12.3. The maximum atomic E-state index is 10.4. The molecule has 0 aromatic heterocycles. The van der Waals surface area contributed by atoms with Gasteiger partial charge in [0.2, 0.25) is 0 Å². The lowest BCUT2D eigenvalue weighted by molar-refractivity contribution is -0.137. The molecule has 0 bridgehead atoms. The molecule has 0 heterocycles. The second-order valence-electron chi connectivity index (χ2n) is 4.15. The number of rotatable bonds is 7. The predicted molar refractivity (Wildman–Crippen MR) is 64.2 cm³/mol. The van der Waals surface area contributed by atoms with Crippen molar-refractivity contribution in [2.45, 2.75) is 26.3 Å². The van der Waals surface area contributed by atoms with Crippen molar-refractivity contribution in [3.8, 4) is 0 Å². The number of benzene rings is 1. The summed E-state index contributed by atoms with van der Waals surface area (Å²) >= 11 is 0. The molecule has 3 heteroatoms. The fourth-order valence-electron chi connectivity index (χ4n) is 1.53. The highest BCUT2D eigenvalue weighted by Gasteiger charge is 2.04. The average molecular weight is 221 g/mol. The van der Waals surface area contributed by atoms with Gasteiger partial charge in [0, 0.05) is 13.0 Å². The van der Waals surface area contributed by atoms with Gasteiger partial charge in [-0.25, -0.2) is 0 Å². The van der Waals surface area contributed by atoms with Crippen LogP contribution in [0.25, 0.3) is 0 Å². The van der Waals surface area contributed by atoms with Gasteiger partial charge in [-0.15, -0.1) is 0 Å². The van der Waals surface area contributed by atoms with E-state index < -0.39 is 5.97 Å². The molecule has 1 aromatic carbocycles. The van der Waals surface area contributed by atoms with Crippen molar-refractivity contribution >= 4 is 5.97 Å². The molecular weight excluding hydrogens is 202 g/mol. The van der Waals surface area contributed by atoms with Gasteiger partial charge >= 0.3 is 5.97 Å². The largest absolute Gasteiger partial charge is 0.481 e. The fourth-order valence-corrected chi connectivity index (χ4v) is 1.53. The van der Waals surface area contributed by atoms with Crippen LogP contribution in [0.4, 0.5) is 0 Å². The van der Waals surface area contributed by atoms with Crippen LogP contribution in [0.2, 0.25) is 0 Å². The van der Waals surface area contributed by atoms with Gasteiger partial charge in [-0.3, -0.25) is 4.79 Å². The summed E-state index contributed by atoms with van der Waals surface area (Å²) in [5.74, 6) is -0.310. The minimum Gasteiger partial charge on any atom is -0.481 e. The lowest BCUT2D eigenvalue weighted by Gasteiger charge is -2.11. The molecular formula is C13H19NO2. The Bertz CT molecular complexity index is 311. The van der Waals surface area contributed by atoms with Gasteiger partial charge in [0.25, 0.3) is 0 Å². The zero-order valence-corrected chi connectivity index (χ0v) is 9.65. The minimum absolute atomic E-state index is 0.258.